The van der Waals surface area contributed by atoms with E-state index in [4.69, 9.17) is 0 Å². The van der Waals surface area contributed by atoms with Crippen LogP contribution in [-0.4, -0.2) is 29.3 Å². The molecule has 1 N–H and O–H groups in total. The molecule has 29 heavy (non-hydrogen) atoms. The first-order valence-electron chi connectivity index (χ1n) is 8.56. The van der Waals surface area contributed by atoms with Crippen LogP contribution in [0.2, 0.25) is 0 Å². The van der Waals surface area contributed by atoms with Crippen LogP contribution in [0.15, 0.2) is 64.6 Å². The molecule has 0 spiro atoms. The number of carbonyl (C=O) groups is 1. The Balaban J connectivity index is 1.96. The zero-order valence-corrected chi connectivity index (χ0v) is 16.5. The van der Waals surface area contributed by atoms with E-state index >= 15 is 0 Å². The second kappa shape index (κ2) is 8.91. The van der Waals surface area contributed by atoms with Gasteiger partial charge in [0.05, 0.1) is 13.7 Å². The molecule has 0 bridgehead atoms. The Morgan fingerprint density at radius 1 is 1.17 bits per heavy atom. The van der Waals surface area contributed by atoms with Gasteiger partial charge in [0.1, 0.15) is 17.2 Å². The van der Waals surface area contributed by atoms with Crippen molar-refractivity contribution in [3.8, 4) is 11.1 Å². The molecule has 0 aliphatic rings. The van der Waals surface area contributed by atoms with Gasteiger partial charge in [-0.05, 0) is 41.6 Å². The Hall–Kier alpha value is -3.13. The Kier molecular flexibility index (Phi) is 6.33. The van der Waals surface area contributed by atoms with Gasteiger partial charge in [0.25, 0.3) is 0 Å². The third kappa shape index (κ3) is 4.48. The Bertz CT molecular complexity index is 1130. The van der Waals surface area contributed by atoms with Gasteiger partial charge >= 0.3 is 5.97 Å². The summed E-state index contributed by atoms with van der Waals surface area (Å²) in [6.45, 7) is -0.00246. The second-order valence-electron chi connectivity index (χ2n) is 6.05. The van der Waals surface area contributed by atoms with Crippen LogP contribution in [0, 0.1) is 11.6 Å². The lowest BCUT2D eigenvalue weighted by atomic mass is 9.98. The number of rotatable bonds is 5. The minimum Gasteiger partial charge on any atom is -0.465 e. The molecule has 0 saturated carbocycles. The molecular formula is C21H18F2N2O3S. The number of aromatic nitrogens is 1. The molecule has 0 unspecified atom stereocenters. The van der Waals surface area contributed by atoms with E-state index < -0.39 is 17.6 Å². The van der Waals surface area contributed by atoms with Gasteiger partial charge in [-0.15, -0.1) is 11.8 Å². The summed E-state index contributed by atoms with van der Waals surface area (Å²) >= 11 is 1.50. The fraction of sp³-hybridized carbons (Fsp3) is 0.143. The molecule has 0 aliphatic carbocycles. The maximum atomic E-state index is 14.7. The van der Waals surface area contributed by atoms with E-state index in [0.29, 0.717) is 16.6 Å². The van der Waals surface area contributed by atoms with Crippen LogP contribution in [-0.2, 0) is 11.3 Å². The molecule has 3 rings (SSSR count). The summed E-state index contributed by atoms with van der Waals surface area (Å²) in [5.74, 6) is -2.13. The molecule has 0 radical (unpaired) electrons. The maximum Gasteiger partial charge on any atom is 0.341 e. The molecule has 5 nitrogen and oxygen atoms in total. The average molecular weight is 416 g/mol. The monoisotopic (exact) mass is 416 g/mol. The van der Waals surface area contributed by atoms with Crippen LogP contribution in [0.25, 0.3) is 11.1 Å². The standard InChI is InChI=1S/C21H18F2N2O3S/c1-28-21(26)20-16(4-3-5-17(20)22)13-6-7-14(18(23)10-13)12-24-19-11-15(29-2)8-9-25(19)27/h3-11,27H,12H2,1-2H3. The van der Waals surface area contributed by atoms with Gasteiger partial charge in [-0.25, -0.2) is 13.6 Å². The summed E-state index contributed by atoms with van der Waals surface area (Å²) in [7, 11) is 1.16. The van der Waals surface area contributed by atoms with E-state index in [1.54, 1.807) is 18.2 Å². The Morgan fingerprint density at radius 2 is 1.97 bits per heavy atom. The molecule has 1 aromatic heterocycles. The lowest BCUT2D eigenvalue weighted by Gasteiger charge is -2.10. The van der Waals surface area contributed by atoms with Gasteiger partial charge < -0.3 is 9.94 Å². The molecule has 0 fully saturated rings. The Labute approximate surface area is 170 Å². The minimum atomic E-state index is -0.834. The molecule has 150 valence electrons. The number of nitrogens with zero attached hydrogens (tertiary/aromatic N) is 2. The highest BCUT2D eigenvalue weighted by atomic mass is 32.2. The van der Waals surface area contributed by atoms with Gasteiger partial charge in [0, 0.05) is 16.7 Å². The molecule has 0 saturated heterocycles. The predicted molar refractivity (Wildman–Crippen MR) is 106 cm³/mol. The molecule has 1 heterocycles. The van der Waals surface area contributed by atoms with Crippen molar-refractivity contribution in [3.05, 3.63) is 83.0 Å². The largest absolute Gasteiger partial charge is 0.465 e. The fourth-order valence-corrected chi connectivity index (χ4v) is 3.21. The quantitative estimate of drug-likeness (QED) is 0.383. The van der Waals surface area contributed by atoms with Gasteiger partial charge in [-0.3, -0.25) is 4.99 Å². The van der Waals surface area contributed by atoms with Gasteiger partial charge in [-0.1, -0.05) is 24.3 Å². The maximum absolute atomic E-state index is 14.7. The average Bonchev–Trinajstić information content (AvgIpc) is 2.73. The number of pyridine rings is 1. The van der Waals surface area contributed by atoms with Crippen LogP contribution in [0.3, 0.4) is 0 Å². The lowest BCUT2D eigenvalue weighted by Crippen LogP contribution is -2.18. The van der Waals surface area contributed by atoms with Crippen molar-refractivity contribution in [2.75, 3.05) is 13.4 Å². The summed E-state index contributed by atoms with van der Waals surface area (Å²) in [5, 5.41) is 9.84. The highest BCUT2D eigenvalue weighted by molar-refractivity contribution is 7.98. The van der Waals surface area contributed by atoms with Gasteiger partial charge in [0.2, 0.25) is 0 Å². The highest BCUT2D eigenvalue weighted by Crippen LogP contribution is 2.28. The first-order valence-corrected chi connectivity index (χ1v) is 9.79. The summed E-state index contributed by atoms with van der Waals surface area (Å²) in [4.78, 5) is 17.1. The van der Waals surface area contributed by atoms with Crippen molar-refractivity contribution < 1.29 is 23.5 Å². The SMILES string of the molecule is COC(=O)c1c(F)cccc1-c1ccc(CN=c2cc(SC)ccn2O)c(F)c1. The summed E-state index contributed by atoms with van der Waals surface area (Å²) in [5.41, 5.74) is 0.910. The summed E-state index contributed by atoms with van der Waals surface area (Å²) in [6.07, 6.45) is 3.36. The van der Waals surface area contributed by atoms with Crippen molar-refractivity contribution in [3.63, 3.8) is 0 Å². The van der Waals surface area contributed by atoms with Crippen LogP contribution in [0.5, 0.6) is 0 Å². The molecule has 2 aromatic carbocycles. The number of esters is 1. The van der Waals surface area contributed by atoms with Crippen molar-refractivity contribution in [1.82, 2.24) is 4.73 Å². The number of methoxy groups -OCH3 is 1. The number of hydrogen-bond donors (Lipinski definition) is 1. The zero-order chi connectivity index (χ0) is 21.0. The predicted octanol–water partition coefficient (Wildman–Crippen LogP) is 4.28. The number of benzene rings is 2. The highest BCUT2D eigenvalue weighted by Gasteiger charge is 2.19. The van der Waals surface area contributed by atoms with E-state index in [1.165, 1.54) is 42.2 Å². The fourth-order valence-electron chi connectivity index (χ4n) is 2.79. The van der Waals surface area contributed by atoms with Crippen molar-refractivity contribution in [1.29, 1.82) is 0 Å². The van der Waals surface area contributed by atoms with Gasteiger partial charge in [0.15, 0.2) is 5.49 Å². The van der Waals surface area contributed by atoms with E-state index in [1.807, 2.05) is 6.26 Å². The lowest BCUT2D eigenvalue weighted by molar-refractivity contribution is 0.0596. The van der Waals surface area contributed by atoms with Crippen molar-refractivity contribution >= 4 is 17.7 Å². The first-order chi connectivity index (χ1) is 13.9. The van der Waals surface area contributed by atoms with Crippen LogP contribution >= 0.6 is 11.8 Å². The number of ether oxygens (including phenoxy) is 1. The van der Waals surface area contributed by atoms with Crippen LogP contribution in [0.1, 0.15) is 15.9 Å². The number of carbonyl (C=O) groups excluding carboxylic acids is 1. The minimum absolute atomic E-state index is 0.00246. The topological polar surface area (TPSA) is 63.8 Å². The van der Waals surface area contributed by atoms with Gasteiger partial charge in [-0.2, -0.15) is 4.73 Å². The molecule has 3 aromatic rings. The number of halogens is 2. The second-order valence-corrected chi connectivity index (χ2v) is 6.93. The Morgan fingerprint density at radius 3 is 2.66 bits per heavy atom. The van der Waals surface area contributed by atoms with E-state index in [2.05, 4.69) is 9.73 Å². The molecule has 0 amide bonds. The number of thioether (sulfide) groups is 1. The smallest absolute Gasteiger partial charge is 0.341 e. The van der Waals surface area contributed by atoms with E-state index in [-0.39, 0.29) is 17.7 Å². The molecule has 8 heteroatoms. The van der Waals surface area contributed by atoms with Crippen LogP contribution < -0.4 is 5.49 Å². The molecule has 0 aliphatic heterocycles. The molecule has 0 atom stereocenters. The summed E-state index contributed by atoms with van der Waals surface area (Å²) in [6, 6.07) is 11.8. The van der Waals surface area contributed by atoms with Crippen molar-refractivity contribution in [2.24, 2.45) is 4.99 Å². The van der Waals surface area contributed by atoms with Crippen LogP contribution in [0.4, 0.5) is 8.78 Å². The normalized spacial score (nSPS) is 11.5. The number of hydrogen-bond acceptors (Lipinski definition) is 5. The first kappa shape index (κ1) is 20.6. The van der Waals surface area contributed by atoms with Crippen molar-refractivity contribution in [2.45, 2.75) is 11.4 Å². The zero-order valence-electron chi connectivity index (χ0n) is 15.7. The van der Waals surface area contributed by atoms with E-state index in [9.17, 15) is 18.8 Å². The third-order valence-corrected chi connectivity index (χ3v) is 5.03. The third-order valence-electron chi connectivity index (χ3n) is 4.30. The molecular weight excluding hydrogens is 398 g/mol. The summed E-state index contributed by atoms with van der Waals surface area (Å²) < 4.78 is 34.3. The van der Waals surface area contributed by atoms with E-state index in [0.717, 1.165) is 22.8 Å².